The molecular weight excluding hydrogens is 202 g/mol. The first-order valence-corrected chi connectivity index (χ1v) is 4.43. The summed E-state index contributed by atoms with van der Waals surface area (Å²) in [5, 5.41) is 0.202. The minimum absolute atomic E-state index is 0.0872. The SMILES string of the molecule is CC(=O)Cc1c(F)cc(F)c2ccoc12. The van der Waals surface area contributed by atoms with Crippen LogP contribution in [0.25, 0.3) is 11.0 Å². The zero-order valence-electron chi connectivity index (χ0n) is 8.01. The molecule has 4 heteroatoms. The third-order valence-electron chi connectivity index (χ3n) is 2.16. The van der Waals surface area contributed by atoms with Crippen LogP contribution in [0.15, 0.2) is 22.8 Å². The Morgan fingerprint density at radius 2 is 2.13 bits per heavy atom. The van der Waals surface area contributed by atoms with Gasteiger partial charge < -0.3 is 4.42 Å². The molecule has 0 bridgehead atoms. The average molecular weight is 210 g/mol. The summed E-state index contributed by atoms with van der Waals surface area (Å²) < 4.78 is 31.6. The van der Waals surface area contributed by atoms with Crippen LogP contribution in [0.2, 0.25) is 0 Å². The largest absolute Gasteiger partial charge is 0.464 e. The maximum absolute atomic E-state index is 13.4. The Labute approximate surface area is 84.5 Å². The van der Waals surface area contributed by atoms with Crippen molar-refractivity contribution in [2.45, 2.75) is 13.3 Å². The molecule has 0 aliphatic carbocycles. The molecule has 15 heavy (non-hydrogen) atoms. The third kappa shape index (κ3) is 1.63. The number of hydrogen-bond donors (Lipinski definition) is 0. The fourth-order valence-corrected chi connectivity index (χ4v) is 1.53. The number of Topliss-reactive ketones (excluding diaryl/α,β-unsaturated/α-hetero) is 1. The van der Waals surface area contributed by atoms with Crippen LogP contribution in [0.1, 0.15) is 12.5 Å². The highest BCUT2D eigenvalue weighted by Gasteiger charge is 2.16. The standard InChI is InChI=1S/C11H8F2O2/c1-6(14)4-8-10(13)5-9(12)7-2-3-15-11(7)8/h2-3,5H,4H2,1H3. The molecule has 1 aromatic heterocycles. The molecule has 0 unspecified atom stereocenters. The van der Waals surface area contributed by atoms with Crippen molar-refractivity contribution in [2.75, 3.05) is 0 Å². The summed E-state index contributed by atoms with van der Waals surface area (Å²) in [4.78, 5) is 10.9. The number of halogens is 2. The van der Waals surface area contributed by atoms with E-state index in [9.17, 15) is 13.6 Å². The van der Waals surface area contributed by atoms with Gasteiger partial charge in [0.05, 0.1) is 11.6 Å². The lowest BCUT2D eigenvalue weighted by molar-refractivity contribution is -0.116. The third-order valence-corrected chi connectivity index (χ3v) is 2.16. The van der Waals surface area contributed by atoms with Gasteiger partial charge in [-0.05, 0) is 13.0 Å². The van der Waals surface area contributed by atoms with E-state index >= 15 is 0 Å². The zero-order valence-corrected chi connectivity index (χ0v) is 8.01. The second-order valence-electron chi connectivity index (χ2n) is 3.36. The molecule has 2 rings (SSSR count). The van der Waals surface area contributed by atoms with Crippen molar-refractivity contribution in [3.63, 3.8) is 0 Å². The van der Waals surface area contributed by atoms with Crippen molar-refractivity contribution >= 4 is 16.8 Å². The average Bonchev–Trinajstić information content (AvgIpc) is 2.60. The molecular formula is C11H8F2O2. The fraction of sp³-hybridized carbons (Fsp3) is 0.182. The van der Waals surface area contributed by atoms with Gasteiger partial charge in [-0.15, -0.1) is 0 Å². The van der Waals surface area contributed by atoms with Crippen molar-refractivity contribution in [1.29, 1.82) is 0 Å². The van der Waals surface area contributed by atoms with E-state index in [0.717, 1.165) is 6.07 Å². The van der Waals surface area contributed by atoms with Gasteiger partial charge in [-0.3, -0.25) is 4.79 Å². The van der Waals surface area contributed by atoms with E-state index < -0.39 is 11.6 Å². The highest BCUT2D eigenvalue weighted by atomic mass is 19.1. The van der Waals surface area contributed by atoms with Gasteiger partial charge in [0.2, 0.25) is 0 Å². The first kappa shape index (κ1) is 9.83. The van der Waals surface area contributed by atoms with Gasteiger partial charge in [-0.2, -0.15) is 0 Å². The summed E-state index contributed by atoms with van der Waals surface area (Å²) in [6.45, 7) is 1.34. The maximum Gasteiger partial charge on any atom is 0.143 e. The molecule has 0 N–H and O–H groups in total. The van der Waals surface area contributed by atoms with E-state index in [2.05, 4.69) is 0 Å². The molecule has 0 aliphatic heterocycles. The number of rotatable bonds is 2. The van der Waals surface area contributed by atoms with Crippen molar-refractivity contribution in [1.82, 2.24) is 0 Å². The summed E-state index contributed by atoms with van der Waals surface area (Å²) in [5.41, 5.74) is 0.228. The summed E-state index contributed by atoms with van der Waals surface area (Å²) in [6, 6.07) is 2.18. The first-order valence-electron chi connectivity index (χ1n) is 4.43. The van der Waals surface area contributed by atoms with Crippen molar-refractivity contribution in [3.8, 4) is 0 Å². The minimum Gasteiger partial charge on any atom is -0.464 e. The molecule has 0 aliphatic rings. The Kier molecular flexibility index (Phi) is 2.26. The predicted molar refractivity (Wildman–Crippen MR) is 50.5 cm³/mol. The molecule has 1 aromatic carbocycles. The Hall–Kier alpha value is -1.71. The van der Waals surface area contributed by atoms with E-state index in [1.54, 1.807) is 0 Å². The van der Waals surface area contributed by atoms with Gasteiger partial charge in [0, 0.05) is 18.1 Å². The van der Waals surface area contributed by atoms with Gasteiger partial charge >= 0.3 is 0 Å². The Morgan fingerprint density at radius 3 is 2.80 bits per heavy atom. The predicted octanol–water partition coefficient (Wildman–Crippen LogP) is 2.84. The van der Waals surface area contributed by atoms with Gasteiger partial charge in [-0.25, -0.2) is 8.78 Å². The minimum atomic E-state index is -0.745. The van der Waals surface area contributed by atoms with E-state index in [1.165, 1.54) is 19.3 Å². The Balaban J connectivity index is 2.71. The molecule has 2 nitrogen and oxygen atoms in total. The van der Waals surface area contributed by atoms with Crippen LogP contribution in [-0.4, -0.2) is 5.78 Å². The van der Waals surface area contributed by atoms with Gasteiger partial charge in [0.25, 0.3) is 0 Å². The highest BCUT2D eigenvalue weighted by molar-refractivity contribution is 5.87. The fourth-order valence-electron chi connectivity index (χ4n) is 1.53. The van der Waals surface area contributed by atoms with Crippen LogP contribution in [0.3, 0.4) is 0 Å². The van der Waals surface area contributed by atoms with Crippen molar-refractivity contribution in [2.24, 2.45) is 0 Å². The lowest BCUT2D eigenvalue weighted by Gasteiger charge is -2.02. The number of ketones is 1. The van der Waals surface area contributed by atoms with Crippen LogP contribution in [0.5, 0.6) is 0 Å². The molecule has 0 saturated carbocycles. The van der Waals surface area contributed by atoms with E-state index in [4.69, 9.17) is 4.42 Å². The maximum atomic E-state index is 13.4. The van der Waals surface area contributed by atoms with Gasteiger partial charge in [-0.1, -0.05) is 0 Å². The number of furan rings is 1. The van der Waals surface area contributed by atoms with Crippen LogP contribution >= 0.6 is 0 Å². The second kappa shape index (κ2) is 3.46. The van der Waals surface area contributed by atoms with Crippen molar-refractivity contribution < 1.29 is 18.0 Å². The first-order chi connectivity index (χ1) is 7.09. The normalized spacial score (nSPS) is 10.9. The zero-order chi connectivity index (χ0) is 11.0. The summed E-state index contributed by atoms with van der Waals surface area (Å²) in [7, 11) is 0. The Bertz CT molecular complexity index is 529. The lowest BCUT2D eigenvalue weighted by Crippen LogP contribution is -2.00. The number of fused-ring (bicyclic) bond motifs is 1. The quantitative estimate of drug-likeness (QED) is 0.762. The molecule has 78 valence electrons. The van der Waals surface area contributed by atoms with E-state index in [0.29, 0.717) is 0 Å². The molecule has 0 spiro atoms. The van der Waals surface area contributed by atoms with Gasteiger partial charge in [0.1, 0.15) is 23.0 Å². The number of hydrogen-bond acceptors (Lipinski definition) is 2. The molecule has 0 radical (unpaired) electrons. The van der Waals surface area contributed by atoms with E-state index in [1.807, 2.05) is 0 Å². The molecule has 0 atom stereocenters. The van der Waals surface area contributed by atoms with Crippen LogP contribution in [0, 0.1) is 11.6 Å². The molecule has 2 aromatic rings. The number of benzene rings is 1. The van der Waals surface area contributed by atoms with Crippen LogP contribution in [0.4, 0.5) is 8.78 Å². The molecule has 1 heterocycles. The lowest BCUT2D eigenvalue weighted by atomic mass is 10.1. The van der Waals surface area contributed by atoms with Crippen molar-refractivity contribution in [3.05, 3.63) is 35.6 Å². The topological polar surface area (TPSA) is 30.2 Å². The second-order valence-corrected chi connectivity index (χ2v) is 3.36. The molecule has 0 amide bonds. The summed E-state index contributed by atoms with van der Waals surface area (Å²) in [5.74, 6) is -1.62. The molecule has 0 saturated heterocycles. The van der Waals surface area contributed by atoms with Crippen LogP contribution in [-0.2, 0) is 11.2 Å². The highest BCUT2D eigenvalue weighted by Crippen LogP contribution is 2.26. The molecule has 0 fully saturated rings. The number of carbonyl (C=O) groups is 1. The number of carbonyl (C=O) groups excluding carboxylic acids is 1. The summed E-state index contributed by atoms with van der Waals surface area (Å²) in [6.07, 6.45) is 1.19. The van der Waals surface area contributed by atoms with Gasteiger partial charge in [0.15, 0.2) is 0 Å². The summed E-state index contributed by atoms with van der Waals surface area (Å²) >= 11 is 0. The smallest absolute Gasteiger partial charge is 0.143 e. The van der Waals surface area contributed by atoms with E-state index in [-0.39, 0.29) is 28.7 Å². The van der Waals surface area contributed by atoms with Crippen LogP contribution < -0.4 is 0 Å². The Morgan fingerprint density at radius 1 is 1.40 bits per heavy atom. The monoisotopic (exact) mass is 210 g/mol.